The van der Waals surface area contributed by atoms with Crippen LogP contribution in [0.5, 0.6) is 5.75 Å². The molecule has 2 heterocycles. The molecule has 2 aliphatic rings. The van der Waals surface area contributed by atoms with E-state index >= 15 is 0 Å². The number of methoxy groups -OCH3 is 1. The van der Waals surface area contributed by atoms with Crippen molar-refractivity contribution in [1.82, 2.24) is 19.6 Å². The second kappa shape index (κ2) is 9.76. The van der Waals surface area contributed by atoms with Gasteiger partial charge in [0.1, 0.15) is 17.4 Å². The Labute approximate surface area is 201 Å². The number of anilines is 1. The van der Waals surface area contributed by atoms with Gasteiger partial charge in [-0.15, -0.1) is 0 Å². The molecule has 5 rings (SSSR count). The third-order valence-electron chi connectivity index (χ3n) is 7.00. The summed E-state index contributed by atoms with van der Waals surface area (Å²) in [6.07, 6.45) is 2.44. The summed E-state index contributed by atoms with van der Waals surface area (Å²) in [4.78, 5) is 7.40. The first kappa shape index (κ1) is 22.9. The molecule has 0 amide bonds. The molecule has 7 heteroatoms. The SMILES string of the molecule is COc1ccc(-n2nc(C)c(CN(Cc3ccc(F)cc3)C3CC3)c2N2CCN(C)CC2)cc1. The van der Waals surface area contributed by atoms with Gasteiger partial charge >= 0.3 is 0 Å². The molecule has 0 atom stereocenters. The molecule has 2 fully saturated rings. The first-order valence-corrected chi connectivity index (χ1v) is 12.2. The van der Waals surface area contributed by atoms with Crippen molar-refractivity contribution >= 4 is 5.82 Å². The monoisotopic (exact) mass is 463 g/mol. The zero-order valence-corrected chi connectivity index (χ0v) is 20.4. The summed E-state index contributed by atoms with van der Waals surface area (Å²) < 4.78 is 20.9. The molecule has 6 nitrogen and oxygen atoms in total. The van der Waals surface area contributed by atoms with Crippen LogP contribution in [0.3, 0.4) is 0 Å². The third-order valence-corrected chi connectivity index (χ3v) is 7.00. The van der Waals surface area contributed by atoms with Crippen LogP contribution in [-0.2, 0) is 13.1 Å². The quantitative estimate of drug-likeness (QED) is 0.499. The molecule has 1 saturated heterocycles. The number of hydrogen-bond acceptors (Lipinski definition) is 5. The van der Waals surface area contributed by atoms with Crippen LogP contribution in [0.15, 0.2) is 48.5 Å². The van der Waals surface area contributed by atoms with Crippen LogP contribution in [0.1, 0.15) is 29.7 Å². The molecule has 1 saturated carbocycles. The summed E-state index contributed by atoms with van der Waals surface area (Å²) in [6.45, 7) is 7.81. The van der Waals surface area contributed by atoms with Crippen LogP contribution >= 0.6 is 0 Å². The van der Waals surface area contributed by atoms with Gasteiger partial charge in [0.05, 0.1) is 18.5 Å². The average Bonchev–Trinajstić information content (AvgIpc) is 3.65. The number of likely N-dealkylation sites (N-methyl/N-ethyl adjacent to an activating group) is 1. The van der Waals surface area contributed by atoms with Gasteiger partial charge in [-0.25, -0.2) is 9.07 Å². The molecular weight excluding hydrogens is 429 g/mol. The van der Waals surface area contributed by atoms with E-state index in [9.17, 15) is 4.39 Å². The van der Waals surface area contributed by atoms with E-state index < -0.39 is 0 Å². The van der Waals surface area contributed by atoms with Crippen molar-refractivity contribution in [3.63, 3.8) is 0 Å². The summed E-state index contributed by atoms with van der Waals surface area (Å²) in [6, 6.07) is 15.6. The zero-order chi connectivity index (χ0) is 23.7. The molecule has 1 aliphatic heterocycles. The Bertz CT molecular complexity index is 1100. The average molecular weight is 464 g/mol. The van der Waals surface area contributed by atoms with E-state index in [-0.39, 0.29) is 5.82 Å². The predicted molar refractivity (Wildman–Crippen MR) is 133 cm³/mol. The predicted octanol–water partition coefficient (Wildman–Crippen LogP) is 4.24. The number of benzene rings is 2. The van der Waals surface area contributed by atoms with Crippen molar-refractivity contribution in [3.8, 4) is 11.4 Å². The number of aryl methyl sites for hydroxylation is 1. The fourth-order valence-corrected chi connectivity index (χ4v) is 4.76. The van der Waals surface area contributed by atoms with Crippen molar-refractivity contribution in [2.75, 3.05) is 45.2 Å². The molecule has 3 aromatic rings. The van der Waals surface area contributed by atoms with Crippen LogP contribution in [-0.4, -0.2) is 66.0 Å². The van der Waals surface area contributed by atoms with Gasteiger partial charge in [0, 0.05) is 50.9 Å². The Balaban J connectivity index is 1.49. The van der Waals surface area contributed by atoms with E-state index in [0.29, 0.717) is 6.04 Å². The second-order valence-electron chi connectivity index (χ2n) is 9.55. The minimum atomic E-state index is -0.185. The first-order chi connectivity index (χ1) is 16.5. The molecule has 2 aromatic carbocycles. The maximum absolute atomic E-state index is 13.5. The Kier molecular flexibility index (Phi) is 6.57. The third kappa shape index (κ3) is 4.95. The van der Waals surface area contributed by atoms with E-state index in [2.05, 4.69) is 45.5 Å². The van der Waals surface area contributed by atoms with Crippen molar-refractivity contribution in [1.29, 1.82) is 0 Å². The van der Waals surface area contributed by atoms with Crippen LogP contribution in [0.25, 0.3) is 5.69 Å². The summed E-state index contributed by atoms with van der Waals surface area (Å²) >= 11 is 0. The largest absolute Gasteiger partial charge is 0.497 e. The van der Waals surface area contributed by atoms with Gasteiger partial charge in [-0.2, -0.15) is 5.10 Å². The van der Waals surface area contributed by atoms with Gasteiger partial charge in [0.15, 0.2) is 0 Å². The van der Waals surface area contributed by atoms with Crippen molar-refractivity contribution in [2.45, 2.75) is 38.9 Å². The highest BCUT2D eigenvalue weighted by Gasteiger charge is 2.32. The summed E-state index contributed by atoms with van der Waals surface area (Å²) in [5.41, 5.74) is 4.54. The van der Waals surface area contributed by atoms with Gasteiger partial charge in [0.25, 0.3) is 0 Å². The lowest BCUT2D eigenvalue weighted by atomic mass is 10.1. The van der Waals surface area contributed by atoms with E-state index in [4.69, 9.17) is 9.84 Å². The van der Waals surface area contributed by atoms with Crippen molar-refractivity contribution in [2.24, 2.45) is 0 Å². The minimum Gasteiger partial charge on any atom is -0.497 e. The molecule has 180 valence electrons. The lowest BCUT2D eigenvalue weighted by Crippen LogP contribution is -2.45. The molecule has 34 heavy (non-hydrogen) atoms. The van der Waals surface area contributed by atoms with E-state index in [1.165, 1.54) is 24.2 Å². The molecule has 0 radical (unpaired) electrons. The van der Waals surface area contributed by atoms with Crippen LogP contribution in [0, 0.1) is 12.7 Å². The highest BCUT2D eigenvalue weighted by molar-refractivity contribution is 5.56. The Morgan fingerprint density at radius 1 is 0.971 bits per heavy atom. The number of piperazine rings is 1. The Hall–Kier alpha value is -2.90. The molecule has 1 aliphatic carbocycles. The maximum Gasteiger partial charge on any atom is 0.137 e. The number of hydrogen-bond donors (Lipinski definition) is 0. The Morgan fingerprint density at radius 2 is 1.65 bits per heavy atom. The van der Waals surface area contributed by atoms with Gasteiger partial charge in [-0.1, -0.05) is 12.1 Å². The second-order valence-corrected chi connectivity index (χ2v) is 9.55. The molecule has 1 aromatic heterocycles. The highest BCUT2D eigenvalue weighted by atomic mass is 19.1. The summed E-state index contributed by atoms with van der Waals surface area (Å²) in [7, 11) is 3.87. The highest BCUT2D eigenvalue weighted by Crippen LogP contribution is 2.35. The molecule has 0 unspecified atom stereocenters. The normalized spacial score (nSPS) is 16.9. The standard InChI is InChI=1S/C27H34FN5O/c1-20-26(19-32(23-8-9-23)18-21-4-6-22(28)7-5-21)27(31-16-14-30(2)15-17-31)33(29-20)24-10-12-25(34-3)13-11-24/h4-7,10-13,23H,8-9,14-19H2,1-3H3. The van der Waals surface area contributed by atoms with Gasteiger partial charge in [0.2, 0.25) is 0 Å². The van der Waals surface area contributed by atoms with E-state index in [1.54, 1.807) is 19.2 Å². The molecule has 0 spiro atoms. The topological polar surface area (TPSA) is 36.8 Å². The Morgan fingerprint density at radius 3 is 2.26 bits per heavy atom. The zero-order valence-electron chi connectivity index (χ0n) is 20.4. The smallest absolute Gasteiger partial charge is 0.137 e. The first-order valence-electron chi connectivity index (χ1n) is 12.2. The maximum atomic E-state index is 13.5. The van der Waals surface area contributed by atoms with Crippen LogP contribution < -0.4 is 9.64 Å². The molecular formula is C27H34FN5O. The number of aromatic nitrogens is 2. The fourth-order valence-electron chi connectivity index (χ4n) is 4.76. The number of ether oxygens (including phenoxy) is 1. The van der Waals surface area contributed by atoms with Crippen molar-refractivity contribution in [3.05, 3.63) is 71.2 Å². The van der Waals surface area contributed by atoms with E-state index in [1.807, 2.05) is 24.3 Å². The van der Waals surface area contributed by atoms with Crippen LogP contribution in [0.2, 0.25) is 0 Å². The number of nitrogens with zero attached hydrogens (tertiary/aromatic N) is 5. The van der Waals surface area contributed by atoms with Gasteiger partial charge in [-0.05, 0) is 68.8 Å². The minimum absolute atomic E-state index is 0.185. The van der Waals surface area contributed by atoms with Crippen LogP contribution in [0.4, 0.5) is 10.2 Å². The van der Waals surface area contributed by atoms with Crippen molar-refractivity contribution < 1.29 is 9.13 Å². The lowest BCUT2D eigenvalue weighted by molar-refractivity contribution is 0.245. The summed E-state index contributed by atoms with van der Waals surface area (Å²) in [5.74, 6) is 1.85. The number of rotatable bonds is 8. The molecule has 0 N–H and O–H groups in total. The lowest BCUT2D eigenvalue weighted by Gasteiger charge is -2.35. The van der Waals surface area contributed by atoms with Gasteiger partial charge in [-0.3, -0.25) is 4.90 Å². The summed E-state index contributed by atoms with van der Waals surface area (Å²) in [5, 5.41) is 5.03. The fraction of sp³-hybridized carbons (Fsp3) is 0.444. The van der Waals surface area contributed by atoms with E-state index in [0.717, 1.165) is 62.0 Å². The number of halogens is 1. The molecule has 0 bridgehead atoms. The van der Waals surface area contributed by atoms with Gasteiger partial charge < -0.3 is 14.5 Å².